The van der Waals surface area contributed by atoms with Crippen LogP contribution in [0.25, 0.3) is 22.4 Å². The van der Waals surface area contributed by atoms with E-state index in [-0.39, 0.29) is 28.4 Å². The van der Waals surface area contributed by atoms with Gasteiger partial charge in [0.2, 0.25) is 0 Å². The van der Waals surface area contributed by atoms with Crippen molar-refractivity contribution in [1.82, 2.24) is 9.97 Å². The normalized spacial score (nSPS) is 10.8. The second-order valence-corrected chi connectivity index (χ2v) is 7.11. The molecule has 2 N–H and O–H groups in total. The molecular formula is C24H18F3N5O. The van der Waals surface area contributed by atoms with E-state index < -0.39 is 17.3 Å². The highest BCUT2D eigenvalue weighted by Crippen LogP contribution is 2.38. The first-order valence-electron chi connectivity index (χ1n) is 9.65. The lowest BCUT2D eigenvalue weighted by atomic mass is 9.94. The van der Waals surface area contributed by atoms with Crippen LogP contribution in [-0.4, -0.2) is 22.8 Å². The average molecular weight is 449 g/mol. The molecule has 0 saturated heterocycles. The van der Waals surface area contributed by atoms with Crippen molar-refractivity contribution < 1.29 is 18.0 Å². The number of benzene rings is 1. The van der Waals surface area contributed by atoms with Gasteiger partial charge in [0.1, 0.15) is 11.6 Å². The number of carbonyl (C=O) groups excluding carboxylic acids is 1. The van der Waals surface area contributed by atoms with Crippen LogP contribution in [0.5, 0.6) is 0 Å². The summed E-state index contributed by atoms with van der Waals surface area (Å²) in [6.45, 7) is 3.13. The van der Waals surface area contributed by atoms with Crippen molar-refractivity contribution in [3.8, 4) is 40.9 Å². The van der Waals surface area contributed by atoms with Crippen molar-refractivity contribution in [1.29, 1.82) is 5.26 Å². The van der Waals surface area contributed by atoms with Gasteiger partial charge < -0.3 is 5.32 Å². The predicted molar refractivity (Wildman–Crippen MR) is 119 cm³/mol. The lowest BCUT2D eigenvalue weighted by molar-refractivity contribution is -0.137. The van der Waals surface area contributed by atoms with E-state index in [1.54, 1.807) is 38.2 Å². The molecule has 0 aliphatic heterocycles. The molecule has 0 unspecified atom stereocenters. The topological polar surface area (TPSA) is 90.7 Å². The van der Waals surface area contributed by atoms with E-state index in [0.717, 1.165) is 12.1 Å². The van der Waals surface area contributed by atoms with Gasteiger partial charge in [0.25, 0.3) is 0 Å². The maximum Gasteiger partial charge on any atom is 0.417 e. The number of aryl methyl sites for hydroxylation is 1. The number of ketones is 1. The molecule has 0 aliphatic carbocycles. The standard InChI is InChI=1S/C24H18F3N5O/c1-5-30-23-18(14(3)33)11-19(16-8-13(2)31-21(10-16)29-4)22(32-23)15-6-7-20(24(25,26)27)17(9-15)12-28/h1,6-11H,2-4H3,(H,29,31)(H,30,32). The van der Waals surface area contributed by atoms with E-state index in [1.807, 2.05) is 0 Å². The van der Waals surface area contributed by atoms with Gasteiger partial charge in [0.15, 0.2) is 5.78 Å². The number of hydrogen-bond donors (Lipinski definition) is 2. The molecule has 0 amide bonds. The number of Topliss-reactive ketones (excluding diaryl/α,β-unsaturated/α-hetero) is 1. The maximum atomic E-state index is 13.3. The molecule has 9 heteroatoms. The molecule has 0 bridgehead atoms. The molecule has 2 aromatic heterocycles. The Morgan fingerprint density at radius 1 is 1.12 bits per heavy atom. The molecule has 6 nitrogen and oxygen atoms in total. The summed E-state index contributed by atoms with van der Waals surface area (Å²) in [7, 11) is 1.70. The van der Waals surface area contributed by atoms with Crippen LogP contribution in [0.2, 0.25) is 0 Å². The van der Waals surface area contributed by atoms with Crippen molar-refractivity contribution in [3.63, 3.8) is 0 Å². The molecule has 0 spiro atoms. The summed E-state index contributed by atoms with van der Waals surface area (Å²) in [5, 5.41) is 14.8. The highest BCUT2D eigenvalue weighted by molar-refractivity contribution is 6.01. The molecule has 3 aromatic rings. The minimum Gasteiger partial charge on any atom is -0.373 e. The van der Waals surface area contributed by atoms with Crippen LogP contribution in [0.3, 0.4) is 0 Å². The summed E-state index contributed by atoms with van der Waals surface area (Å²) in [5.74, 6) is 0.329. The largest absolute Gasteiger partial charge is 0.417 e. The zero-order valence-corrected chi connectivity index (χ0v) is 17.9. The van der Waals surface area contributed by atoms with Gasteiger partial charge in [-0.05, 0) is 49.7 Å². The van der Waals surface area contributed by atoms with Crippen molar-refractivity contribution in [2.75, 3.05) is 17.7 Å². The first-order chi connectivity index (χ1) is 15.6. The number of aromatic nitrogens is 2. The fraction of sp³-hybridized carbons (Fsp3) is 0.167. The number of nitrogens with zero attached hydrogens (tertiary/aromatic N) is 3. The first kappa shape index (κ1) is 23.3. The molecule has 2 heterocycles. The first-order valence-corrected chi connectivity index (χ1v) is 9.65. The number of nitrogens with one attached hydrogen (secondary N) is 2. The number of carbonyl (C=O) groups is 1. The molecule has 166 valence electrons. The summed E-state index contributed by atoms with van der Waals surface area (Å²) in [5.41, 5.74) is 0.881. The van der Waals surface area contributed by atoms with Gasteiger partial charge in [-0.2, -0.15) is 18.4 Å². The summed E-state index contributed by atoms with van der Waals surface area (Å²) in [4.78, 5) is 21.1. The number of rotatable bonds is 5. The number of pyridine rings is 2. The minimum atomic E-state index is -4.68. The molecule has 33 heavy (non-hydrogen) atoms. The van der Waals surface area contributed by atoms with E-state index in [2.05, 4.69) is 26.6 Å². The average Bonchev–Trinajstić information content (AvgIpc) is 2.77. The Labute approximate surface area is 188 Å². The molecule has 0 saturated carbocycles. The second-order valence-electron chi connectivity index (χ2n) is 7.11. The summed E-state index contributed by atoms with van der Waals surface area (Å²) in [6.07, 6.45) is 0.660. The summed E-state index contributed by atoms with van der Waals surface area (Å²) in [6, 6.07) is 12.1. The third-order valence-electron chi connectivity index (χ3n) is 4.83. The van der Waals surface area contributed by atoms with Crippen LogP contribution in [0.15, 0.2) is 36.4 Å². The molecule has 0 fully saturated rings. The van der Waals surface area contributed by atoms with E-state index >= 15 is 0 Å². The zero-order valence-electron chi connectivity index (χ0n) is 17.9. The molecular weight excluding hydrogens is 431 g/mol. The van der Waals surface area contributed by atoms with Gasteiger partial charge in [-0.25, -0.2) is 9.97 Å². The lowest BCUT2D eigenvalue weighted by Gasteiger charge is -2.16. The Bertz CT molecular complexity index is 1330. The summed E-state index contributed by atoms with van der Waals surface area (Å²) >= 11 is 0. The Balaban J connectivity index is 2.38. The van der Waals surface area contributed by atoms with Crippen LogP contribution < -0.4 is 10.6 Å². The zero-order chi connectivity index (χ0) is 24.3. The quantitative estimate of drug-likeness (QED) is 0.314. The SMILES string of the molecule is C#CNc1nc(-c2ccc(C(F)(F)F)c(C#N)c2)c(-c2cc(C)nc(NC)c2)cc1C(C)=O. The highest BCUT2D eigenvalue weighted by Gasteiger charge is 2.34. The number of hydrogen-bond acceptors (Lipinski definition) is 6. The van der Waals surface area contributed by atoms with Crippen molar-refractivity contribution in [2.45, 2.75) is 20.0 Å². The van der Waals surface area contributed by atoms with Crippen LogP contribution in [0.1, 0.15) is 34.1 Å². The molecule has 1 aromatic carbocycles. The van der Waals surface area contributed by atoms with Gasteiger partial charge in [0.05, 0.1) is 28.5 Å². The fourth-order valence-corrected chi connectivity index (χ4v) is 3.37. The van der Waals surface area contributed by atoms with Crippen LogP contribution in [-0.2, 0) is 6.18 Å². The van der Waals surface area contributed by atoms with E-state index in [4.69, 9.17) is 6.42 Å². The fourth-order valence-electron chi connectivity index (χ4n) is 3.37. The second kappa shape index (κ2) is 9.01. The molecule has 3 rings (SSSR count). The Morgan fingerprint density at radius 3 is 2.42 bits per heavy atom. The number of halogens is 3. The Morgan fingerprint density at radius 2 is 1.85 bits per heavy atom. The van der Waals surface area contributed by atoms with Gasteiger partial charge in [0, 0.05) is 29.9 Å². The molecule has 0 radical (unpaired) electrons. The van der Waals surface area contributed by atoms with Crippen LogP contribution >= 0.6 is 0 Å². The van der Waals surface area contributed by atoms with Crippen LogP contribution in [0, 0.1) is 30.7 Å². The number of terminal acetylenes is 1. The van der Waals surface area contributed by atoms with Crippen LogP contribution in [0.4, 0.5) is 24.8 Å². The molecule has 0 aliphatic rings. The van der Waals surface area contributed by atoms with Gasteiger partial charge in [-0.3, -0.25) is 10.1 Å². The third kappa shape index (κ3) is 4.78. The number of nitriles is 1. The number of anilines is 2. The van der Waals surface area contributed by atoms with Crippen molar-refractivity contribution in [2.24, 2.45) is 0 Å². The van der Waals surface area contributed by atoms with Gasteiger partial charge in [-0.1, -0.05) is 12.5 Å². The molecule has 0 atom stereocenters. The van der Waals surface area contributed by atoms with Crippen molar-refractivity contribution >= 4 is 17.4 Å². The summed E-state index contributed by atoms with van der Waals surface area (Å²) < 4.78 is 39.9. The highest BCUT2D eigenvalue weighted by atomic mass is 19.4. The third-order valence-corrected chi connectivity index (χ3v) is 4.83. The maximum absolute atomic E-state index is 13.3. The van der Waals surface area contributed by atoms with E-state index in [1.165, 1.54) is 13.0 Å². The number of alkyl halides is 3. The Kier molecular flexibility index (Phi) is 6.36. The van der Waals surface area contributed by atoms with Gasteiger partial charge in [-0.15, -0.1) is 0 Å². The van der Waals surface area contributed by atoms with E-state index in [0.29, 0.717) is 22.6 Å². The Hall–Kier alpha value is -4.37. The lowest BCUT2D eigenvalue weighted by Crippen LogP contribution is -2.09. The predicted octanol–water partition coefficient (Wildman–Crippen LogP) is 5.26. The van der Waals surface area contributed by atoms with Crippen molar-refractivity contribution in [3.05, 3.63) is 58.8 Å². The van der Waals surface area contributed by atoms with Gasteiger partial charge >= 0.3 is 6.18 Å². The smallest absolute Gasteiger partial charge is 0.373 e. The minimum absolute atomic E-state index is 0.0850. The monoisotopic (exact) mass is 449 g/mol. The van der Waals surface area contributed by atoms with E-state index in [9.17, 15) is 23.2 Å².